The summed E-state index contributed by atoms with van der Waals surface area (Å²) >= 11 is 0. The van der Waals surface area contributed by atoms with E-state index in [1.165, 1.54) is 32.6 Å². The molecule has 0 saturated carbocycles. The SMILES string of the molecule is COc1cccc(/C=N/NC(=O)CN(Cc2ccccc2)S(=O)(=O)c2cc(OC)ccc2OC)c1. The van der Waals surface area contributed by atoms with Gasteiger partial charge in [0.05, 0.1) is 34.1 Å². The van der Waals surface area contributed by atoms with E-state index in [4.69, 9.17) is 14.2 Å². The molecule has 0 unspecified atom stereocenters. The number of nitrogens with zero attached hydrogens (tertiary/aromatic N) is 2. The lowest BCUT2D eigenvalue weighted by Crippen LogP contribution is -2.39. The van der Waals surface area contributed by atoms with Gasteiger partial charge in [0.2, 0.25) is 10.0 Å². The van der Waals surface area contributed by atoms with Crippen LogP contribution >= 0.6 is 0 Å². The maximum atomic E-state index is 13.6. The van der Waals surface area contributed by atoms with Crippen molar-refractivity contribution in [1.82, 2.24) is 9.73 Å². The molecule has 0 aliphatic rings. The van der Waals surface area contributed by atoms with Crippen molar-refractivity contribution in [2.24, 2.45) is 5.10 Å². The molecule has 0 heterocycles. The van der Waals surface area contributed by atoms with Gasteiger partial charge in [0.15, 0.2) is 0 Å². The first-order chi connectivity index (χ1) is 16.9. The van der Waals surface area contributed by atoms with E-state index in [1.807, 2.05) is 6.07 Å². The lowest BCUT2D eigenvalue weighted by atomic mass is 10.2. The average molecular weight is 498 g/mol. The fraction of sp³-hybridized carbons (Fsp3) is 0.200. The van der Waals surface area contributed by atoms with Crippen LogP contribution in [-0.4, -0.2) is 52.7 Å². The number of hydrogen-bond acceptors (Lipinski definition) is 7. The molecule has 0 saturated heterocycles. The number of benzene rings is 3. The van der Waals surface area contributed by atoms with Gasteiger partial charge >= 0.3 is 0 Å². The minimum atomic E-state index is -4.16. The number of hydrazone groups is 1. The van der Waals surface area contributed by atoms with Crippen molar-refractivity contribution in [1.29, 1.82) is 0 Å². The van der Waals surface area contributed by atoms with Crippen LogP contribution in [-0.2, 0) is 21.4 Å². The molecule has 1 N–H and O–H groups in total. The minimum Gasteiger partial charge on any atom is -0.497 e. The summed E-state index contributed by atoms with van der Waals surface area (Å²) in [5, 5.41) is 3.95. The summed E-state index contributed by atoms with van der Waals surface area (Å²) in [7, 11) is 0.211. The Balaban J connectivity index is 1.85. The van der Waals surface area contributed by atoms with Crippen LogP contribution in [0, 0.1) is 0 Å². The van der Waals surface area contributed by atoms with E-state index in [1.54, 1.807) is 61.7 Å². The highest BCUT2D eigenvalue weighted by Gasteiger charge is 2.30. The second-order valence-corrected chi connectivity index (χ2v) is 9.25. The average Bonchev–Trinajstić information content (AvgIpc) is 2.88. The van der Waals surface area contributed by atoms with Gasteiger partial charge in [0.25, 0.3) is 5.91 Å². The molecule has 1 amide bonds. The van der Waals surface area contributed by atoms with Crippen LogP contribution in [0.2, 0.25) is 0 Å². The summed E-state index contributed by atoms with van der Waals surface area (Å²) in [5.41, 5.74) is 3.81. The Morgan fingerprint density at radius 2 is 1.63 bits per heavy atom. The van der Waals surface area contributed by atoms with E-state index in [0.29, 0.717) is 22.6 Å². The number of carbonyl (C=O) groups is 1. The van der Waals surface area contributed by atoms with Crippen LogP contribution in [0.15, 0.2) is 82.8 Å². The molecule has 184 valence electrons. The van der Waals surface area contributed by atoms with Crippen molar-refractivity contribution in [3.8, 4) is 17.2 Å². The second-order valence-electron chi connectivity index (χ2n) is 7.35. The number of rotatable bonds is 11. The van der Waals surface area contributed by atoms with Gasteiger partial charge in [-0.2, -0.15) is 9.41 Å². The Bertz CT molecular complexity index is 1280. The molecule has 9 nitrogen and oxygen atoms in total. The molecule has 0 fully saturated rings. The zero-order valence-electron chi connectivity index (χ0n) is 19.7. The third kappa shape index (κ3) is 6.81. The first-order valence-electron chi connectivity index (χ1n) is 10.6. The van der Waals surface area contributed by atoms with E-state index < -0.39 is 22.5 Å². The van der Waals surface area contributed by atoms with Gasteiger partial charge in [-0.15, -0.1) is 0 Å². The summed E-state index contributed by atoms with van der Waals surface area (Å²) in [6, 6.07) is 20.6. The normalized spacial score (nSPS) is 11.4. The topological polar surface area (TPSA) is 107 Å². The highest BCUT2D eigenvalue weighted by atomic mass is 32.2. The Hall–Kier alpha value is -3.89. The summed E-state index contributed by atoms with van der Waals surface area (Å²) in [6.45, 7) is -0.496. The van der Waals surface area contributed by atoms with E-state index >= 15 is 0 Å². The molecule has 0 spiro atoms. The molecule has 3 rings (SSSR count). The zero-order chi connectivity index (χ0) is 25.3. The molecule has 0 aliphatic carbocycles. The quantitative estimate of drug-likeness (QED) is 0.322. The van der Waals surface area contributed by atoms with Gasteiger partial charge in [0, 0.05) is 12.6 Å². The first-order valence-corrected chi connectivity index (χ1v) is 12.0. The Morgan fingerprint density at radius 1 is 0.914 bits per heavy atom. The molecule has 0 aliphatic heterocycles. The first kappa shape index (κ1) is 25.7. The van der Waals surface area contributed by atoms with Crippen molar-refractivity contribution in [3.63, 3.8) is 0 Å². The summed E-state index contributed by atoms with van der Waals surface area (Å²) in [5.74, 6) is 0.523. The number of amides is 1. The number of methoxy groups -OCH3 is 3. The van der Waals surface area contributed by atoms with Crippen LogP contribution < -0.4 is 19.6 Å². The summed E-state index contributed by atoms with van der Waals surface area (Å²) in [6.07, 6.45) is 1.45. The van der Waals surface area contributed by atoms with Crippen LogP contribution in [0.25, 0.3) is 0 Å². The second kappa shape index (κ2) is 12.0. The summed E-state index contributed by atoms with van der Waals surface area (Å²) < 4.78 is 44.0. The van der Waals surface area contributed by atoms with E-state index in [-0.39, 0.29) is 17.2 Å². The van der Waals surface area contributed by atoms with Crippen LogP contribution in [0.5, 0.6) is 17.2 Å². The van der Waals surface area contributed by atoms with Crippen molar-refractivity contribution >= 4 is 22.1 Å². The monoisotopic (exact) mass is 497 g/mol. The van der Waals surface area contributed by atoms with Gasteiger partial charge in [-0.05, 0) is 35.4 Å². The Kier molecular flexibility index (Phi) is 8.82. The molecule has 0 atom stereocenters. The largest absolute Gasteiger partial charge is 0.497 e. The fourth-order valence-electron chi connectivity index (χ4n) is 3.23. The minimum absolute atomic E-state index is 0.0312. The highest BCUT2D eigenvalue weighted by molar-refractivity contribution is 7.89. The van der Waals surface area contributed by atoms with Crippen molar-refractivity contribution < 1.29 is 27.4 Å². The van der Waals surface area contributed by atoms with Crippen LogP contribution in [0.4, 0.5) is 0 Å². The number of sulfonamides is 1. The third-order valence-electron chi connectivity index (χ3n) is 5.01. The molecular weight excluding hydrogens is 470 g/mol. The van der Waals surface area contributed by atoms with Gasteiger partial charge in [0.1, 0.15) is 22.1 Å². The number of ether oxygens (including phenoxy) is 3. The molecule has 0 radical (unpaired) electrons. The highest BCUT2D eigenvalue weighted by Crippen LogP contribution is 2.31. The predicted molar refractivity (Wildman–Crippen MR) is 132 cm³/mol. The number of carbonyl (C=O) groups excluding carboxylic acids is 1. The molecular formula is C25H27N3O6S. The molecule has 3 aromatic rings. The number of nitrogens with one attached hydrogen (secondary N) is 1. The number of hydrogen-bond donors (Lipinski definition) is 1. The lowest BCUT2D eigenvalue weighted by molar-refractivity contribution is -0.121. The molecule has 0 aromatic heterocycles. The lowest BCUT2D eigenvalue weighted by Gasteiger charge is -2.23. The Morgan fingerprint density at radius 3 is 2.31 bits per heavy atom. The van der Waals surface area contributed by atoms with Crippen molar-refractivity contribution in [2.45, 2.75) is 11.4 Å². The van der Waals surface area contributed by atoms with Crippen LogP contribution in [0.3, 0.4) is 0 Å². The van der Waals surface area contributed by atoms with E-state index in [9.17, 15) is 13.2 Å². The van der Waals surface area contributed by atoms with Gasteiger partial charge < -0.3 is 14.2 Å². The standard InChI is InChI=1S/C25H27N3O6S/c1-32-21-11-7-10-20(14-21)16-26-27-25(29)18-28(17-19-8-5-4-6-9-19)35(30,31)24-15-22(33-2)12-13-23(24)34-3/h4-16H,17-18H2,1-3H3,(H,27,29)/b26-16+. The van der Waals surface area contributed by atoms with Crippen molar-refractivity contribution in [3.05, 3.63) is 83.9 Å². The van der Waals surface area contributed by atoms with E-state index in [0.717, 1.165) is 4.31 Å². The zero-order valence-corrected chi connectivity index (χ0v) is 20.5. The smallest absolute Gasteiger partial charge is 0.255 e. The predicted octanol–water partition coefficient (Wildman–Crippen LogP) is 3.05. The maximum absolute atomic E-state index is 13.6. The van der Waals surface area contributed by atoms with Gasteiger partial charge in [-0.1, -0.05) is 42.5 Å². The van der Waals surface area contributed by atoms with E-state index in [2.05, 4.69) is 10.5 Å². The third-order valence-corrected chi connectivity index (χ3v) is 6.82. The fourth-order valence-corrected chi connectivity index (χ4v) is 4.79. The van der Waals surface area contributed by atoms with Gasteiger partial charge in [-0.3, -0.25) is 4.79 Å². The van der Waals surface area contributed by atoms with Crippen molar-refractivity contribution in [2.75, 3.05) is 27.9 Å². The maximum Gasteiger partial charge on any atom is 0.255 e. The molecule has 10 heteroatoms. The molecule has 35 heavy (non-hydrogen) atoms. The van der Waals surface area contributed by atoms with Crippen LogP contribution in [0.1, 0.15) is 11.1 Å². The van der Waals surface area contributed by atoms with Gasteiger partial charge in [-0.25, -0.2) is 13.8 Å². The summed E-state index contributed by atoms with van der Waals surface area (Å²) in [4.78, 5) is 12.6. The Labute approximate surface area is 205 Å². The molecule has 3 aromatic carbocycles. The molecule has 0 bridgehead atoms.